The SMILES string of the molecule is CSC1CCC(NCC(O)c2ccc3c(c2)OCO3)CC1. The minimum absolute atomic E-state index is 0.270. The molecule has 2 aliphatic rings. The number of benzene rings is 1. The van der Waals surface area contributed by atoms with Gasteiger partial charge in [-0.05, 0) is 49.6 Å². The van der Waals surface area contributed by atoms with Gasteiger partial charge in [-0.25, -0.2) is 0 Å². The van der Waals surface area contributed by atoms with Crippen molar-refractivity contribution in [3.8, 4) is 11.5 Å². The zero-order valence-electron chi connectivity index (χ0n) is 12.4. The van der Waals surface area contributed by atoms with Crippen molar-refractivity contribution in [1.29, 1.82) is 0 Å². The van der Waals surface area contributed by atoms with Crippen LogP contribution in [-0.2, 0) is 0 Å². The number of aliphatic hydroxyl groups is 1. The maximum absolute atomic E-state index is 10.3. The summed E-state index contributed by atoms with van der Waals surface area (Å²) < 4.78 is 10.6. The van der Waals surface area contributed by atoms with Crippen LogP contribution in [0, 0.1) is 0 Å². The predicted octanol–water partition coefficient (Wildman–Crippen LogP) is 2.71. The molecule has 1 aliphatic heterocycles. The van der Waals surface area contributed by atoms with E-state index in [1.807, 2.05) is 30.0 Å². The monoisotopic (exact) mass is 309 g/mol. The number of rotatable bonds is 5. The van der Waals surface area contributed by atoms with Crippen molar-refractivity contribution in [3.05, 3.63) is 23.8 Å². The number of thioether (sulfide) groups is 1. The number of hydrogen-bond acceptors (Lipinski definition) is 5. The van der Waals surface area contributed by atoms with Crippen molar-refractivity contribution < 1.29 is 14.6 Å². The van der Waals surface area contributed by atoms with Crippen molar-refractivity contribution in [2.45, 2.75) is 43.1 Å². The lowest BCUT2D eigenvalue weighted by molar-refractivity contribution is 0.164. The fourth-order valence-corrected chi connectivity index (χ4v) is 3.76. The van der Waals surface area contributed by atoms with E-state index >= 15 is 0 Å². The number of ether oxygens (including phenoxy) is 2. The van der Waals surface area contributed by atoms with Crippen molar-refractivity contribution in [2.75, 3.05) is 19.6 Å². The molecule has 116 valence electrons. The van der Waals surface area contributed by atoms with Crippen LogP contribution < -0.4 is 14.8 Å². The van der Waals surface area contributed by atoms with Gasteiger partial charge >= 0.3 is 0 Å². The molecule has 1 saturated carbocycles. The molecule has 21 heavy (non-hydrogen) atoms. The highest BCUT2D eigenvalue weighted by Crippen LogP contribution is 2.34. The molecule has 1 atom stereocenters. The van der Waals surface area contributed by atoms with Crippen molar-refractivity contribution >= 4 is 11.8 Å². The summed E-state index contributed by atoms with van der Waals surface area (Å²) in [6.07, 6.45) is 6.66. The maximum atomic E-state index is 10.3. The molecular formula is C16H23NO3S. The highest BCUT2D eigenvalue weighted by molar-refractivity contribution is 7.99. The first-order chi connectivity index (χ1) is 10.3. The van der Waals surface area contributed by atoms with Gasteiger partial charge in [0.2, 0.25) is 6.79 Å². The Kier molecular flexibility index (Phi) is 4.93. The van der Waals surface area contributed by atoms with Gasteiger partial charge in [0.15, 0.2) is 11.5 Å². The Morgan fingerprint density at radius 2 is 2.00 bits per heavy atom. The third kappa shape index (κ3) is 3.65. The molecule has 1 unspecified atom stereocenters. The zero-order chi connectivity index (χ0) is 14.7. The molecular weight excluding hydrogens is 286 g/mol. The van der Waals surface area contributed by atoms with E-state index in [2.05, 4.69) is 11.6 Å². The molecule has 0 spiro atoms. The summed E-state index contributed by atoms with van der Waals surface area (Å²) in [7, 11) is 0. The minimum Gasteiger partial charge on any atom is -0.454 e. The summed E-state index contributed by atoms with van der Waals surface area (Å²) in [6, 6.07) is 6.19. The average Bonchev–Trinajstić information content (AvgIpc) is 3.00. The highest BCUT2D eigenvalue weighted by atomic mass is 32.2. The molecule has 2 N–H and O–H groups in total. The first-order valence-corrected chi connectivity index (χ1v) is 8.89. The second-order valence-electron chi connectivity index (χ2n) is 5.75. The van der Waals surface area contributed by atoms with Gasteiger partial charge in [0, 0.05) is 17.8 Å². The van der Waals surface area contributed by atoms with Crippen LogP contribution in [0.1, 0.15) is 37.4 Å². The first-order valence-electron chi connectivity index (χ1n) is 7.60. The molecule has 1 aromatic rings. The Balaban J connectivity index is 1.49. The predicted molar refractivity (Wildman–Crippen MR) is 85.1 cm³/mol. The summed E-state index contributed by atoms with van der Waals surface area (Å²) >= 11 is 1.98. The quantitative estimate of drug-likeness (QED) is 0.876. The van der Waals surface area contributed by atoms with Crippen LogP contribution in [0.3, 0.4) is 0 Å². The van der Waals surface area contributed by atoms with Gasteiger partial charge in [0.1, 0.15) is 0 Å². The highest BCUT2D eigenvalue weighted by Gasteiger charge is 2.21. The second-order valence-corrected chi connectivity index (χ2v) is 6.88. The lowest BCUT2D eigenvalue weighted by Crippen LogP contribution is -2.36. The van der Waals surface area contributed by atoms with Gasteiger partial charge < -0.3 is 19.9 Å². The van der Waals surface area contributed by atoms with E-state index in [4.69, 9.17) is 9.47 Å². The van der Waals surface area contributed by atoms with Crippen molar-refractivity contribution in [3.63, 3.8) is 0 Å². The molecule has 0 radical (unpaired) electrons. The average molecular weight is 309 g/mol. The van der Waals surface area contributed by atoms with E-state index in [0.29, 0.717) is 12.6 Å². The van der Waals surface area contributed by atoms with Gasteiger partial charge in [-0.1, -0.05) is 6.07 Å². The van der Waals surface area contributed by atoms with Crippen LogP contribution in [0.5, 0.6) is 11.5 Å². The molecule has 0 amide bonds. The largest absolute Gasteiger partial charge is 0.454 e. The molecule has 1 heterocycles. The summed E-state index contributed by atoms with van der Waals surface area (Å²) in [5, 5.41) is 14.6. The first kappa shape index (κ1) is 15.0. The third-order valence-corrected chi connectivity index (χ3v) is 5.53. The van der Waals surface area contributed by atoms with E-state index < -0.39 is 6.10 Å². The lowest BCUT2D eigenvalue weighted by atomic mass is 9.94. The molecule has 0 saturated heterocycles. The number of aliphatic hydroxyl groups excluding tert-OH is 1. The fourth-order valence-electron chi connectivity index (χ4n) is 3.02. The number of nitrogens with one attached hydrogen (secondary N) is 1. The van der Waals surface area contributed by atoms with Crippen LogP contribution in [0.2, 0.25) is 0 Å². The molecule has 5 heteroatoms. The van der Waals surface area contributed by atoms with Gasteiger partial charge in [-0.3, -0.25) is 0 Å². The smallest absolute Gasteiger partial charge is 0.231 e. The molecule has 4 nitrogen and oxygen atoms in total. The van der Waals surface area contributed by atoms with Gasteiger partial charge in [-0.15, -0.1) is 0 Å². The normalized spacial score (nSPS) is 25.8. The Bertz CT molecular complexity index is 475. The Hall–Kier alpha value is -0.910. The minimum atomic E-state index is -0.502. The fraction of sp³-hybridized carbons (Fsp3) is 0.625. The van der Waals surface area contributed by atoms with Gasteiger partial charge in [0.05, 0.1) is 6.10 Å². The van der Waals surface area contributed by atoms with Gasteiger partial charge in [0.25, 0.3) is 0 Å². The van der Waals surface area contributed by atoms with E-state index in [1.54, 1.807) is 0 Å². The van der Waals surface area contributed by atoms with Crippen LogP contribution in [-0.4, -0.2) is 36.0 Å². The summed E-state index contributed by atoms with van der Waals surface area (Å²) in [4.78, 5) is 0. The lowest BCUT2D eigenvalue weighted by Gasteiger charge is -2.29. The molecule has 1 fully saturated rings. The van der Waals surface area contributed by atoms with E-state index in [1.165, 1.54) is 25.7 Å². The molecule has 1 aromatic carbocycles. The Morgan fingerprint density at radius 1 is 1.24 bits per heavy atom. The van der Waals surface area contributed by atoms with Crippen LogP contribution in [0.15, 0.2) is 18.2 Å². The standard InChI is InChI=1S/C16H23NO3S/c1-21-13-5-3-12(4-6-13)17-9-14(18)11-2-7-15-16(8-11)20-10-19-15/h2,7-8,12-14,17-18H,3-6,9-10H2,1H3. The van der Waals surface area contributed by atoms with E-state index in [9.17, 15) is 5.11 Å². The third-order valence-electron chi connectivity index (χ3n) is 4.39. The van der Waals surface area contributed by atoms with Gasteiger partial charge in [-0.2, -0.15) is 11.8 Å². The summed E-state index contributed by atoms with van der Waals surface area (Å²) in [5.74, 6) is 1.49. The summed E-state index contributed by atoms with van der Waals surface area (Å²) in [5.41, 5.74) is 0.879. The second kappa shape index (κ2) is 6.90. The van der Waals surface area contributed by atoms with Crippen LogP contribution >= 0.6 is 11.8 Å². The molecule has 3 rings (SSSR count). The van der Waals surface area contributed by atoms with Crippen molar-refractivity contribution in [2.24, 2.45) is 0 Å². The zero-order valence-corrected chi connectivity index (χ0v) is 13.2. The van der Waals surface area contributed by atoms with E-state index in [0.717, 1.165) is 22.3 Å². The van der Waals surface area contributed by atoms with Crippen LogP contribution in [0.4, 0.5) is 0 Å². The van der Waals surface area contributed by atoms with E-state index in [-0.39, 0.29) is 6.79 Å². The Morgan fingerprint density at radius 3 is 2.76 bits per heavy atom. The topological polar surface area (TPSA) is 50.7 Å². The Labute approximate surface area is 130 Å². The maximum Gasteiger partial charge on any atom is 0.231 e. The molecule has 0 bridgehead atoms. The summed E-state index contributed by atoms with van der Waals surface area (Å²) in [6.45, 7) is 0.861. The molecule has 0 aromatic heterocycles. The van der Waals surface area contributed by atoms with Crippen molar-refractivity contribution in [1.82, 2.24) is 5.32 Å². The number of hydrogen-bond donors (Lipinski definition) is 2. The number of fused-ring (bicyclic) bond motifs is 1. The molecule has 1 aliphatic carbocycles. The van der Waals surface area contributed by atoms with Crippen LogP contribution in [0.25, 0.3) is 0 Å².